The fourth-order valence-corrected chi connectivity index (χ4v) is 2.43. The Morgan fingerprint density at radius 2 is 1.55 bits per heavy atom. The Balaban J connectivity index is 2.43. The van der Waals surface area contributed by atoms with Gasteiger partial charge in [-0.05, 0) is 18.4 Å². The van der Waals surface area contributed by atoms with Gasteiger partial charge in [-0.15, -0.1) is 0 Å². The van der Waals surface area contributed by atoms with Crippen LogP contribution in [0.2, 0.25) is 0 Å². The Morgan fingerprint density at radius 1 is 1.00 bits per heavy atom. The molecular weight excluding hydrogens is 252 g/mol. The van der Waals surface area contributed by atoms with Gasteiger partial charge in [0.05, 0.1) is 0 Å². The summed E-state index contributed by atoms with van der Waals surface area (Å²) in [6.45, 7) is 2.19. The maximum absolute atomic E-state index is 11.4. The van der Waals surface area contributed by atoms with Gasteiger partial charge in [-0.3, -0.25) is 0 Å². The maximum Gasteiger partial charge on any atom is 0.340 e. The van der Waals surface area contributed by atoms with E-state index in [-0.39, 0.29) is 6.42 Å². The second-order valence-electron chi connectivity index (χ2n) is 5.40. The second-order valence-corrected chi connectivity index (χ2v) is 5.40. The third-order valence-corrected chi connectivity index (χ3v) is 3.75. The minimum atomic E-state index is -1.75. The van der Waals surface area contributed by atoms with E-state index >= 15 is 0 Å². The van der Waals surface area contributed by atoms with E-state index in [0.29, 0.717) is 5.56 Å². The van der Waals surface area contributed by atoms with E-state index in [4.69, 9.17) is 0 Å². The lowest BCUT2D eigenvalue weighted by atomic mass is 9.88. The first-order valence-electron chi connectivity index (χ1n) is 7.62. The van der Waals surface area contributed by atoms with Gasteiger partial charge in [0.15, 0.2) is 5.60 Å². The summed E-state index contributed by atoms with van der Waals surface area (Å²) in [5, 5.41) is 19.7. The number of carboxylic acid groups (broad SMARTS) is 1. The third-order valence-electron chi connectivity index (χ3n) is 3.75. The predicted molar refractivity (Wildman–Crippen MR) is 80.6 cm³/mol. The van der Waals surface area contributed by atoms with E-state index in [1.807, 2.05) is 6.07 Å². The Bertz CT molecular complexity index is 388. The number of aliphatic carboxylic acids is 1. The van der Waals surface area contributed by atoms with Crippen LogP contribution in [0.4, 0.5) is 0 Å². The summed E-state index contributed by atoms with van der Waals surface area (Å²) in [7, 11) is 0. The number of benzene rings is 1. The highest BCUT2D eigenvalue weighted by Crippen LogP contribution is 2.28. The van der Waals surface area contributed by atoms with Gasteiger partial charge in [0.2, 0.25) is 0 Å². The van der Waals surface area contributed by atoms with Crippen LogP contribution in [0.5, 0.6) is 0 Å². The zero-order valence-electron chi connectivity index (χ0n) is 12.3. The van der Waals surface area contributed by atoms with Gasteiger partial charge in [-0.25, -0.2) is 4.79 Å². The SMILES string of the molecule is CCCCCCCCC[C@](O)(C(=O)O)c1ccccc1. The predicted octanol–water partition coefficient (Wildman–Crippen LogP) is 4.10. The number of hydrogen-bond donors (Lipinski definition) is 2. The molecule has 0 spiro atoms. The average Bonchev–Trinajstić information content (AvgIpc) is 2.46. The molecule has 0 unspecified atom stereocenters. The molecule has 0 radical (unpaired) electrons. The molecular formula is C17H26O3. The minimum Gasteiger partial charge on any atom is -0.479 e. The summed E-state index contributed by atoms with van der Waals surface area (Å²) < 4.78 is 0. The molecule has 0 aromatic heterocycles. The van der Waals surface area contributed by atoms with Gasteiger partial charge in [0, 0.05) is 0 Å². The zero-order chi connectivity index (χ0) is 14.8. The average molecular weight is 278 g/mol. The van der Waals surface area contributed by atoms with Crippen LogP contribution in [-0.2, 0) is 10.4 Å². The highest BCUT2D eigenvalue weighted by molar-refractivity contribution is 5.79. The smallest absolute Gasteiger partial charge is 0.340 e. The van der Waals surface area contributed by atoms with E-state index in [0.717, 1.165) is 19.3 Å². The lowest BCUT2D eigenvalue weighted by Gasteiger charge is -2.23. The molecule has 3 heteroatoms. The fraction of sp³-hybridized carbons (Fsp3) is 0.588. The molecule has 2 N–H and O–H groups in total. The molecule has 3 nitrogen and oxygen atoms in total. The zero-order valence-corrected chi connectivity index (χ0v) is 12.3. The molecule has 0 heterocycles. The Morgan fingerprint density at radius 3 is 2.10 bits per heavy atom. The Hall–Kier alpha value is -1.35. The van der Waals surface area contributed by atoms with Crippen molar-refractivity contribution in [1.82, 2.24) is 0 Å². The third kappa shape index (κ3) is 4.97. The van der Waals surface area contributed by atoms with Gasteiger partial charge in [0.25, 0.3) is 0 Å². The molecule has 0 saturated carbocycles. The summed E-state index contributed by atoms with van der Waals surface area (Å²) in [5.41, 5.74) is -1.27. The van der Waals surface area contributed by atoms with Crippen molar-refractivity contribution in [2.45, 2.75) is 63.9 Å². The molecule has 0 saturated heterocycles. The molecule has 20 heavy (non-hydrogen) atoms. The summed E-state index contributed by atoms with van der Waals surface area (Å²) in [6, 6.07) is 8.69. The number of carboxylic acids is 1. The van der Waals surface area contributed by atoms with E-state index in [2.05, 4.69) is 6.92 Å². The highest BCUT2D eigenvalue weighted by atomic mass is 16.4. The van der Waals surface area contributed by atoms with E-state index in [1.54, 1.807) is 24.3 Å². The molecule has 0 amide bonds. The van der Waals surface area contributed by atoms with Crippen LogP contribution in [-0.4, -0.2) is 16.2 Å². The second kappa shape index (κ2) is 8.75. The van der Waals surface area contributed by atoms with Gasteiger partial charge < -0.3 is 10.2 Å². The van der Waals surface area contributed by atoms with Crippen molar-refractivity contribution in [3.63, 3.8) is 0 Å². The molecule has 0 aliphatic heterocycles. The first-order chi connectivity index (χ1) is 9.61. The van der Waals surface area contributed by atoms with Crippen LogP contribution in [0.25, 0.3) is 0 Å². The summed E-state index contributed by atoms with van der Waals surface area (Å²) in [5.74, 6) is -1.16. The van der Waals surface area contributed by atoms with Crippen molar-refractivity contribution < 1.29 is 15.0 Å². The fourth-order valence-electron chi connectivity index (χ4n) is 2.43. The van der Waals surface area contributed by atoms with Crippen LogP contribution in [0.15, 0.2) is 30.3 Å². The molecule has 1 aromatic rings. The Labute approximate surface area is 121 Å². The van der Waals surface area contributed by atoms with Crippen molar-refractivity contribution in [3.05, 3.63) is 35.9 Å². The number of unbranched alkanes of at least 4 members (excludes halogenated alkanes) is 6. The van der Waals surface area contributed by atoms with Crippen molar-refractivity contribution in [2.24, 2.45) is 0 Å². The summed E-state index contributed by atoms with van der Waals surface area (Å²) in [4.78, 5) is 11.4. The van der Waals surface area contributed by atoms with E-state index in [9.17, 15) is 15.0 Å². The highest BCUT2D eigenvalue weighted by Gasteiger charge is 2.36. The van der Waals surface area contributed by atoms with Gasteiger partial charge in [0.1, 0.15) is 0 Å². The van der Waals surface area contributed by atoms with Gasteiger partial charge >= 0.3 is 5.97 Å². The van der Waals surface area contributed by atoms with Gasteiger partial charge in [-0.1, -0.05) is 75.8 Å². The molecule has 1 aromatic carbocycles. The first kappa shape index (κ1) is 16.7. The molecule has 0 aliphatic carbocycles. The summed E-state index contributed by atoms with van der Waals surface area (Å²) >= 11 is 0. The number of carbonyl (C=O) groups is 1. The lowest BCUT2D eigenvalue weighted by molar-refractivity contribution is -0.160. The van der Waals surface area contributed by atoms with Gasteiger partial charge in [-0.2, -0.15) is 0 Å². The normalized spacial score (nSPS) is 13.9. The number of rotatable bonds is 10. The van der Waals surface area contributed by atoms with Crippen LogP contribution < -0.4 is 0 Å². The van der Waals surface area contributed by atoms with E-state index < -0.39 is 11.6 Å². The Kier molecular flexibility index (Phi) is 7.31. The number of aliphatic hydroxyl groups is 1. The standard InChI is InChI=1S/C17H26O3/c1-2-3-4-5-6-7-11-14-17(20,16(18)19)15-12-9-8-10-13-15/h8-10,12-13,20H,2-7,11,14H2,1H3,(H,18,19)/t17-/m1/s1. The van der Waals surface area contributed by atoms with Crippen molar-refractivity contribution in [1.29, 1.82) is 0 Å². The van der Waals surface area contributed by atoms with Crippen molar-refractivity contribution in [3.8, 4) is 0 Å². The molecule has 112 valence electrons. The summed E-state index contributed by atoms with van der Waals surface area (Å²) in [6.07, 6.45) is 8.06. The molecule has 0 fully saturated rings. The lowest BCUT2D eigenvalue weighted by Crippen LogP contribution is -2.35. The first-order valence-corrected chi connectivity index (χ1v) is 7.62. The molecule has 0 aliphatic rings. The topological polar surface area (TPSA) is 57.5 Å². The van der Waals surface area contributed by atoms with Crippen LogP contribution in [0, 0.1) is 0 Å². The largest absolute Gasteiger partial charge is 0.479 e. The molecule has 1 rings (SSSR count). The monoisotopic (exact) mass is 278 g/mol. The number of hydrogen-bond acceptors (Lipinski definition) is 2. The van der Waals surface area contributed by atoms with Crippen LogP contribution >= 0.6 is 0 Å². The quantitative estimate of drug-likeness (QED) is 0.633. The maximum atomic E-state index is 11.4. The van der Waals surface area contributed by atoms with Crippen molar-refractivity contribution in [2.75, 3.05) is 0 Å². The molecule has 0 bridgehead atoms. The van der Waals surface area contributed by atoms with Crippen LogP contribution in [0.3, 0.4) is 0 Å². The van der Waals surface area contributed by atoms with E-state index in [1.165, 1.54) is 25.7 Å². The van der Waals surface area contributed by atoms with Crippen LogP contribution in [0.1, 0.15) is 63.9 Å². The minimum absolute atomic E-state index is 0.278. The van der Waals surface area contributed by atoms with Crippen molar-refractivity contribution >= 4 is 5.97 Å². The molecule has 1 atom stereocenters.